The van der Waals surface area contributed by atoms with E-state index in [-0.39, 0.29) is 28.5 Å². The molecule has 0 saturated carbocycles. The molecule has 0 atom stereocenters. The van der Waals surface area contributed by atoms with Gasteiger partial charge in [0.05, 0.1) is 5.02 Å². The van der Waals surface area contributed by atoms with Gasteiger partial charge in [-0.3, -0.25) is 0 Å². The van der Waals surface area contributed by atoms with E-state index in [1.54, 1.807) is 12.1 Å². The Morgan fingerprint density at radius 2 is 1.89 bits per heavy atom. The number of nitriles is 1. The number of hydrogen-bond donors (Lipinski definition) is 0. The van der Waals surface area contributed by atoms with E-state index in [1.165, 1.54) is 24.3 Å². The maximum absolute atomic E-state index is 13.6. The number of nitrogens with zero attached hydrogens (tertiary/aromatic N) is 1. The molecule has 2 nitrogen and oxygen atoms in total. The summed E-state index contributed by atoms with van der Waals surface area (Å²) in [5, 5.41) is 8.82. The van der Waals surface area contributed by atoms with Crippen LogP contribution in [-0.2, 0) is 6.61 Å². The van der Waals surface area contributed by atoms with Gasteiger partial charge >= 0.3 is 0 Å². The van der Waals surface area contributed by atoms with Gasteiger partial charge in [-0.1, -0.05) is 29.8 Å². The highest BCUT2D eigenvalue weighted by Gasteiger charge is 2.11. The maximum atomic E-state index is 13.6. The summed E-state index contributed by atoms with van der Waals surface area (Å²) in [5.41, 5.74) is 0.0330. The molecule has 0 aliphatic rings. The van der Waals surface area contributed by atoms with Crippen LogP contribution in [0.25, 0.3) is 0 Å². The Balaban J connectivity index is 2.22. The summed E-state index contributed by atoms with van der Waals surface area (Å²) in [6, 6.07) is 10.2. The van der Waals surface area contributed by atoms with Crippen molar-refractivity contribution in [2.45, 2.75) is 6.61 Å². The van der Waals surface area contributed by atoms with Gasteiger partial charge in [-0.2, -0.15) is 5.26 Å². The second-order valence-electron chi connectivity index (χ2n) is 3.73. The minimum Gasteiger partial charge on any atom is -0.487 e. The number of rotatable bonds is 3. The highest BCUT2D eigenvalue weighted by Crippen LogP contribution is 2.23. The van der Waals surface area contributed by atoms with Crippen molar-refractivity contribution in [2.75, 3.05) is 0 Å². The summed E-state index contributed by atoms with van der Waals surface area (Å²) < 4.78 is 32.2. The third-order valence-electron chi connectivity index (χ3n) is 2.50. The first kappa shape index (κ1) is 13.3. The second kappa shape index (κ2) is 5.68. The number of halogens is 3. The SMILES string of the molecule is N#Cc1c(F)cccc1OCc1cccc(Cl)c1F. The molecule has 0 aliphatic heterocycles. The van der Waals surface area contributed by atoms with Crippen LogP contribution in [0.3, 0.4) is 0 Å². The fourth-order valence-corrected chi connectivity index (χ4v) is 1.74. The molecule has 2 aromatic carbocycles. The van der Waals surface area contributed by atoms with Crippen molar-refractivity contribution in [1.82, 2.24) is 0 Å². The average Bonchev–Trinajstić information content (AvgIpc) is 2.40. The zero-order chi connectivity index (χ0) is 13.8. The molecule has 0 bridgehead atoms. The summed E-state index contributed by atoms with van der Waals surface area (Å²) >= 11 is 5.64. The highest BCUT2D eigenvalue weighted by atomic mass is 35.5. The molecular formula is C14H8ClF2NO. The first-order valence-corrected chi connectivity index (χ1v) is 5.75. The number of hydrogen-bond acceptors (Lipinski definition) is 2. The molecule has 96 valence electrons. The summed E-state index contributed by atoms with van der Waals surface area (Å²) in [7, 11) is 0. The zero-order valence-electron chi connectivity index (χ0n) is 9.66. The summed E-state index contributed by atoms with van der Waals surface area (Å²) in [4.78, 5) is 0. The van der Waals surface area contributed by atoms with Crippen LogP contribution in [0.4, 0.5) is 8.78 Å². The Kier molecular flexibility index (Phi) is 3.98. The predicted octanol–water partition coefficient (Wildman–Crippen LogP) is 4.07. The monoisotopic (exact) mass is 279 g/mol. The molecule has 0 radical (unpaired) electrons. The van der Waals surface area contributed by atoms with Crippen molar-refractivity contribution in [1.29, 1.82) is 5.26 Å². The standard InChI is InChI=1S/C14H8ClF2NO/c15-11-4-1-3-9(14(11)17)8-19-13-6-2-5-12(16)10(13)7-18/h1-6H,8H2. The van der Waals surface area contributed by atoms with Crippen LogP contribution in [0.15, 0.2) is 36.4 Å². The Bertz CT molecular complexity index is 652. The van der Waals surface area contributed by atoms with Crippen molar-refractivity contribution in [3.63, 3.8) is 0 Å². The molecule has 2 rings (SSSR count). The Labute approximate surface area is 113 Å². The summed E-state index contributed by atoms with van der Waals surface area (Å²) in [6.45, 7) is -0.134. The highest BCUT2D eigenvalue weighted by molar-refractivity contribution is 6.30. The first-order valence-electron chi connectivity index (χ1n) is 5.37. The van der Waals surface area contributed by atoms with Gasteiger partial charge in [0.2, 0.25) is 0 Å². The van der Waals surface area contributed by atoms with Gasteiger partial charge in [-0.05, 0) is 18.2 Å². The maximum Gasteiger partial charge on any atom is 0.148 e. The molecule has 2 aromatic rings. The summed E-state index contributed by atoms with van der Waals surface area (Å²) in [6.07, 6.45) is 0. The van der Waals surface area contributed by atoms with E-state index >= 15 is 0 Å². The van der Waals surface area contributed by atoms with Crippen LogP contribution in [0.1, 0.15) is 11.1 Å². The van der Waals surface area contributed by atoms with Crippen LogP contribution in [-0.4, -0.2) is 0 Å². The molecule has 0 aromatic heterocycles. The molecule has 19 heavy (non-hydrogen) atoms. The van der Waals surface area contributed by atoms with E-state index in [0.717, 1.165) is 6.07 Å². The number of benzene rings is 2. The van der Waals surface area contributed by atoms with E-state index in [1.807, 2.05) is 0 Å². The first-order chi connectivity index (χ1) is 9.13. The van der Waals surface area contributed by atoms with Gasteiger partial charge in [0.15, 0.2) is 0 Å². The lowest BCUT2D eigenvalue weighted by Gasteiger charge is -2.09. The quantitative estimate of drug-likeness (QED) is 0.848. The lowest BCUT2D eigenvalue weighted by molar-refractivity contribution is 0.297. The van der Waals surface area contributed by atoms with Crippen LogP contribution < -0.4 is 4.74 Å². The number of ether oxygens (including phenoxy) is 1. The molecule has 0 saturated heterocycles. The topological polar surface area (TPSA) is 33.0 Å². The average molecular weight is 280 g/mol. The van der Waals surface area contributed by atoms with Crippen LogP contribution >= 0.6 is 11.6 Å². The largest absolute Gasteiger partial charge is 0.487 e. The van der Waals surface area contributed by atoms with Crippen LogP contribution in [0, 0.1) is 23.0 Å². The minimum absolute atomic E-state index is 0.0131. The van der Waals surface area contributed by atoms with E-state index < -0.39 is 11.6 Å². The van der Waals surface area contributed by atoms with Gasteiger partial charge in [0, 0.05) is 5.56 Å². The van der Waals surface area contributed by atoms with Crippen molar-refractivity contribution in [3.8, 4) is 11.8 Å². The van der Waals surface area contributed by atoms with Crippen LogP contribution in [0.5, 0.6) is 5.75 Å². The molecule has 0 amide bonds. The third-order valence-corrected chi connectivity index (χ3v) is 2.79. The van der Waals surface area contributed by atoms with Crippen molar-refractivity contribution < 1.29 is 13.5 Å². The molecule has 0 unspecified atom stereocenters. The Morgan fingerprint density at radius 1 is 1.16 bits per heavy atom. The normalized spacial score (nSPS) is 10.0. The summed E-state index contributed by atoms with van der Waals surface area (Å²) in [5.74, 6) is -1.19. The molecule has 0 spiro atoms. The van der Waals surface area contributed by atoms with Gasteiger partial charge in [0.25, 0.3) is 0 Å². The Hall–Kier alpha value is -2.12. The van der Waals surface area contributed by atoms with Gasteiger partial charge in [-0.25, -0.2) is 8.78 Å². The van der Waals surface area contributed by atoms with Crippen LogP contribution in [0.2, 0.25) is 5.02 Å². The van der Waals surface area contributed by atoms with Crippen molar-refractivity contribution >= 4 is 11.6 Å². The molecule has 5 heteroatoms. The van der Waals surface area contributed by atoms with Crippen molar-refractivity contribution in [3.05, 3.63) is 64.2 Å². The van der Waals surface area contributed by atoms with E-state index in [0.29, 0.717) is 0 Å². The Morgan fingerprint density at radius 3 is 2.63 bits per heavy atom. The predicted molar refractivity (Wildman–Crippen MR) is 66.9 cm³/mol. The third kappa shape index (κ3) is 2.83. The minimum atomic E-state index is -0.674. The van der Waals surface area contributed by atoms with E-state index in [2.05, 4.69) is 0 Å². The van der Waals surface area contributed by atoms with E-state index in [9.17, 15) is 8.78 Å². The molecule has 0 heterocycles. The lowest BCUT2D eigenvalue weighted by atomic mass is 10.2. The lowest BCUT2D eigenvalue weighted by Crippen LogP contribution is -2.01. The second-order valence-corrected chi connectivity index (χ2v) is 4.13. The molecule has 0 aliphatic carbocycles. The fraction of sp³-hybridized carbons (Fsp3) is 0.0714. The van der Waals surface area contributed by atoms with Gasteiger partial charge in [0.1, 0.15) is 35.6 Å². The molecule has 0 fully saturated rings. The van der Waals surface area contributed by atoms with Gasteiger partial charge < -0.3 is 4.74 Å². The van der Waals surface area contributed by atoms with E-state index in [4.69, 9.17) is 21.6 Å². The smallest absolute Gasteiger partial charge is 0.148 e. The molecule has 0 N–H and O–H groups in total. The van der Waals surface area contributed by atoms with Crippen molar-refractivity contribution in [2.24, 2.45) is 0 Å². The molecular weight excluding hydrogens is 272 g/mol. The van der Waals surface area contributed by atoms with Gasteiger partial charge in [-0.15, -0.1) is 0 Å². The fourth-order valence-electron chi connectivity index (χ4n) is 1.55. The zero-order valence-corrected chi connectivity index (χ0v) is 10.4.